The Balaban J connectivity index is 2.62. The van der Waals surface area contributed by atoms with Crippen molar-refractivity contribution in [2.45, 2.75) is 46.0 Å². The average molecular weight is 240 g/mol. The van der Waals surface area contributed by atoms with Crippen LogP contribution in [-0.2, 0) is 9.59 Å². The molecular formula is C13H20O4. The van der Waals surface area contributed by atoms with Crippen LogP contribution in [0.25, 0.3) is 0 Å². The molecule has 0 aliphatic heterocycles. The second-order valence-electron chi connectivity index (χ2n) is 5.49. The molecule has 0 spiro atoms. The van der Waals surface area contributed by atoms with Gasteiger partial charge in [-0.25, -0.2) is 0 Å². The lowest BCUT2D eigenvalue weighted by atomic mass is 9.53. The van der Waals surface area contributed by atoms with E-state index >= 15 is 0 Å². The summed E-state index contributed by atoms with van der Waals surface area (Å²) in [5.74, 6) is -2.15. The summed E-state index contributed by atoms with van der Waals surface area (Å²) in [6, 6.07) is 0. The van der Waals surface area contributed by atoms with Crippen LogP contribution in [0.5, 0.6) is 0 Å². The minimum absolute atomic E-state index is 0.178. The minimum Gasteiger partial charge on any atom is -0.480 e. The lowest BCUT2D eigenvalue weighted by Gasteiger charge is -2.47. The Morgan fingerprint density at radius 1 is 1.06 bits per heavy atom. The van der Waals surface area contributed by atoms with Gasteiger partial charge in [0.2, 0.25) is 0 Å². The fraction of sp³-hybridized carbons (Fsp3) is 0.846. The highest BCUT2D eigenvalue weighted by Gasteiger charge is 2.73. The Bertz CT molecular complexity index is 342. The van der Waals surface area contributed by atoms with Gasteiger partial charge in [0.1, 0.15) is 0 Å². The largest absolute Gasteiger partial charge is 0.480 e. The number of rotatable bonds is 4. The lowest BCUT2D eigenvalue weighted by Crippen LogP contribution is -2.56. The van der Waals surface area contributed by atoms with Crippen molar-refractivity contribution in [3.05, 3.63) is 0 Å². The van der Waals surface area contributed by atoms with Gasteiger partial charge in [0.15, 0.2) is 5.41 Å². The summed E-state index contributed by atoms with van der Waals surface area (Å²) in [6.45, 7) is 3.87. The van der Waals surface area contributed by atoms with E-state index in [2.05, 4.69) is 0 Å². The first-order valence-electron chi connectivity index (χ1n) is 6.44. The lowest BCUT2D eigenvalue weighted by molar-refractivity contribution is -0.184. The molecule has 0 aromatic heterocycles. The number of carboxylic acids is 2. The molecule has 2 saturated carbocycles. The first-order valence-corrected chi connectivity index (χ1v) is 6.44. The molecule has 2 fully saturated rings. The van der Waals surface area contributed by atoms with Crippen LogP contribution in [0.1, 0.15) is 46.0 Å². The van der Waals surface area contributed by atoms with E-state index in [1.54, 1.807) is 0 Å². The maximum atomic E-state index is 11.7. The molecule has 96 valence electrons. The molecule has 2 N–H and O–H groups in total. The van der Waals surface area contributed by atoms with Crippen molar-refractivity contribution in [2.75, 3.05) is 0 Å². The highest BCUT2D eigenvalue weighted by molar-refractivity contribution is 6.00. The highest BCUT2D eigenvalue weighted by Crippen LogP contribution is 2.69. The van der Waals surface area contributed by atoms with Gasteiger partial charge in [-0.1, -0.05) is 13.8 Å². The standard InChI is InChI=1S/C13H20O4/c1-3-12(4-2)8-5-6-9(7-8)13(12,10(14)15)11(16)17/h8-9H,3-7H2,1-2H3,(H,14,15)(H,16,17). The van der Waals surface area contributed by atoms with Gasteiger partial charge in [0, 0.05) is 0 Å². The van der Waals surface area contributed by atoms with Crippen LogP contribution < -0.4 is 0 Å². The Hall–Kier alpha value is -1.06. The van der Waals surface area contributed by atoms with Gasteiger partial charge in [-0.15, -0.1) is 0 Å². The Kier molecular flexibility index (Phi) is 2.71. The average Bonchev–Trinajstić information content (AvgIpc) is 2.84. The molecule has 2 aliphatic rings. The zero-order valence-corrected chi connectivity index (χ0v) is 10.4. The number of hydrogen-bond donors (Lipinski definition) is 2. The van der Waals surface area contributed by atoms with E-state index in [4.69, 9.17) is 0 Å². The SMILES string of the molecule is CCC1(CC)C2CCC(C2)C1(C(=O)O)C(=O)O. The minimum atomic E-state index is -1.54. The summed E-state index contributed by atoms with van der Waals surface area (Å²) in [4.78, 5) is 23.4. The number of carboxylic acid groups (broad SMARTS) is 2. The summed E-state index contributed by atoms with van der Waals surface area (Å²) in [5.41, 5.74) is -2.09. The van der Waals surface area contributed by atoms with Crippen molar-refractivity contribution < 1.29 is 19.8 Å². The Labute approximate surface area is 101 Å². The molecule has 2 unspecified atom stereocenters. The molecule has 4 nitrogen and oxygen atoms in total. The molecule has 2 bridgehead atoms. The molecule has 17 heavy (non-hydrogen) atoms. The van der Waals surface area contributed by atoms with E-state index in [0.29, 0.717) is 12.8 Å². The molecular weight excluding hydrogens is 220 g/mol. The summed E-state index contributed by atoms with van der Waals surface area (Å²) in [6.07, 6.45) is 3.81. The van der Waals surface area contributed by atoms with Crippen molar-refractivity contribution in [3.8, 4) is 0 Å². The summed E-state index contributed by atoms with van der Waals surface area (Å²) in [5, 5.41) is 19.1. The van der Waals surface area contributed by atoms with E-state index in [-0.39, 0.29) is 11.8 Å². The van der Waals surface area contributed by atoms with Crippen LogP contribution in [0.2, 0.25) is 0 Å². The van der Waals surface area contributed by atoms with E-state index in [0.717, 1.165) is 19.3 Å². The van der Waals surface area contributed by atoms with Gasteiger partial charge < -0.3 is 10.2 Å². The monoisotopic (exact) mass is 240 g/mol. The van der Waals surface area contributed by atoms with Gasteiger partial charge in [-0.3, -0.25) is 9.59 Å². The van der Waals surface area contributed by atoms with E-state index in [1.807, 2.05) is 13.8 Å². The van der Waals surface area contributed by atoms with Gasteiger partial charge in [0.25, 0.3) is 0 Å². The topological polar surface area (TPSA) is 74.6 Å². The van der Waals surface area contributed by atoms with Gasteiger partial charge in [0.05, 0.1) is 0 Å². The predicted molar refractivity (Wildman–Crippen MR) is 61.6 cm³/mol. The second-order valence-corrected chi connectivity index (χ2v) is 5.49. The van der Waals surface area contributed by atoms with E-state index in [9.17, 15) is 19.8 Å². The summed E-state index contributed by atoms with van der Waals surface area (Å²) < 4.78 is 0. The zero-order chi connectivity index (χ0) is 12.8. The number of aliphatic carboxylic acids is 2. The van der Waals surface area contributed by atoms with Gasteiger partial charge in [-0.05, 0) is 49.4 Å². The molecule has 0 aromatic rings. The molecule has 0 heterocycles. The molecule has 4 heteroatoms. The van der Waals surface area contributed by atoms with Crippen LogP contribution >= 0.6 is 0 Å². The molecule has 0 saturated heterocycles. The highest BCUT2D eigenvalue weighted by atomic mass is 16.4. The quantitative estimate of drug-likeness (QED) is 0.740. The molecule has 0 radical (unpaired) electrons. The third kappa shape index (κ3) is 1.14. The van der Waals surface area contributed by atoms with Gasteiger partial charge in [-0.2, -0.15) is 0 Å². The number of fused-ring (bicyclic) bond motifs is 2. The maximum absolute atomic E-state index is 11.7. The molecule has 0 aromatic carbocycles. The van der Waals surface area contributed by atoms with Crippen LogP contribution in [0.4, 0.5) is 0 Å². The molecule has 2 atom stereocenters. The van der Waals surface area contributed by atoms with Crippen molar-refractivity contribution >= 4 is 11.9 Å². The van der Waals surface area contributed by atoms with Crippen LogP contribution in [0.15, 0.2) is 0 Å². The van der Waals surface area contributed by atoms with Crippen LogP contribution in [0, 0.1) is 22.7 Å². The third-order valence-corrected chi connectivity index (χ3v) is 5.55. The maximum Gasteiger partial charge on any atom is 0.321 e. The van der Waals surface area contributed by atoms with Crippen molar-refractivity contribution in [2.24, 2.45) is 22.7 Å². The van der Waals surface area contributed by atoms with E-state index in [1.165, 1.54) is 0 Å². The van der Waals surface area contributed by atoms with Crippen molar-refractivity contribution in [1.82, 2.24) is 0 Å². The van der Waals surface area contributed by atoms with Gasteiger partial charge >= 0.3 is 11.9 Å². The number of hydrogen-bond acceptors (Lipinski definition) is 2. The van der Waals surface area contributed by atoms with Crippen LogP contribution in [-0.4, -0.2) is 22.2 Å². The van der Waals surface area contributed by atoms with Crippen molar-refractivity contribution in [1.29, 1.82) is 0 Å². The molecule has 0 amide bonds. The predicted octanol–water partition coefficient (Wildman–Crippen LogP) is 2.38. The Morgan fingerprint density at radius 3 is 1.88 bits per heavy atom. The summed E-state index contributed by atoms with van der Waals surface area (Å²) in [7, 11) is 0. The fourth-order valence-corrected chi connectivity index (χ4v) is 4.86. The normalized spacial score (nSPS) is 32.6. The third-order valence-electron chi connectivity index (χ3n) is 5.55. The molecule has 2 aliphatic carbocycles. The smallest absolute Gasteiger partial charge is 0.321 e. The number of carbonyl (C=O) groups is 2. The summed E-state index contributed by atoms with van der Waals surface area (Å²) >= 11 is 0. The first kappa shape index (κ1) is 12.4. The second kappa shape index (κ2) is 3.72. The molecule has 2 rings (SSSR count). The first-order chi connectivity index (χ1) is 7.97. The van der Waals surface area contributed by atoms with E-state index < -0.39 is 22.8 Å². The Morgan fingerprint density at radius 2 is 1.53 bits per heavy atom. The fourth-order valence-electron chi connectivity index (χ4n) is 4.86. The zero-order valence-electron chi connectivity index (χ0n) is 10.4. The van der Waals surface area contributed by atoms with Crippen molar-refractivity contribution in [3.63, 3.8) is 0 Å². The van der Waals surface area contributed by atoms with Crippen LogP contribution in [0.3, 0.4) is 0 Å².